The number of anilines is 1. The molecule has 1 N–H and O–H groups in total. The quantitative estimate of drug-likeness (QED) is 0.857. The number of allylic oxidation sites excluding steroid dienone is 1. The maximum atomic E-state index is 12.6. The minimum Gasteiger partial charge on any atom is -0.317 e. The molecule has 2 aromatic rings. The fraction of sp³-hybridized carbons (Fsp3) is 0.375. The van der Waals surface area contributed by atoms with Gasteiger partial charge in [-0.1, -0.05) is 19.1 Å². The van der Waals surface area contributed by atoms with Crippen molar-refractivity contribution in [2.24, 2.45) is 0 Å². The van der Waals surface area contributed by atoms with Crippen LogP contribution >= 0.6 is 11.8 Å². The van der Waals surface area contributed by atoms with Crippen LogP contribution in [0.5, 0.6) is 0 Å². The average molecular weight is 345 g/mol. The first-order valence-corrected chi connectivity index (χ1v) is 8.93. The number of hydrogen-bond donors (Lipinski definition) is 1. The number of carbonyl (C=O) groups excluding carboxylic acids is 2. The van der Waals surface area contributed by atoms with Gasteiger partial charge in [-0.05, 0) is 25.5 Å². The summed E-state index contributed by atoms with van der Waals surface area (Å²) >= 11 is 1.57. The van der Waals surface area contributed by atoms with Gasteiger partial charge in [0.2, 0.25) is 11.9 Å². The lowest BCUT2D eigenvalue weighted by Gasteiger charge is -2.23. The molecular weight excluding hydrogens is 326 g/mol. The Morgan fingerprint density at radius 2 is 2.25 bits per heavy atom. The highest BCUT2D eigenvalue weighted by Crippen LogP contribution is 2.24. The Labute approximate surface area is 144 Å². The van der Waals surface area contributed by atoms with Crippen molar-refractivity contribution in [2.45, 2.75) is 26.3 Å². The Balaban J connectivity index is 1.76. The molecule has 24 heavy (non-hydrogen) atoms. The van der Waals surface area contributed by atoms with Crippen LogP contribution in [0.15, 0.2) is 36.0 Å². The standard InChI is InChI=1S/C16H19N5O2S/c1-3-6-11(2)15(23)21-10-24-9-12(21)14(22)17-16-19-18-13-7-4-5-8-20(13)16/h4-8,12H,3,9-10H2,1-2H3,(H,17,19,22)/b11-6+. The van der Waals surface area contributed by atoms with Crippen LogP contribution in [0.1, 0.15) is 20.3 Å². The molecule has 1 aliphatic heterocycles. The van der Waals surface area contributed by atoms with E-state index in [1.54, 1.807) is 34.2 Å². The Kier molecular flexibility index (Phi) is 4.84. The molecule has 0 aliphatic carbocycles. The number of fused-ring (bicyclic) bond motifs is 1. The zero-order chi connectivity index (χ0) is 17.1. The van der Waals surface area contributed by atoms with Crippen LogP contribution in [0.4, 0.5) is 5.95 Å². The second-order valence-corrected chi connectivity index (χ2v) is 6.53. The van der Waals surface area contributed by atoms with Crippen molar-refractivity contribution >= 4 is 35.2 Å². The van der Waals surface area contributed by atoms with E-state index < -0.39 is 6.04 Å². The van der Waals surface area contributed by atoms with E-state index in [1.807, 2.05) is 31.2 Å². The number of rotatable bonds is 4. The Morgan fingerprint density at radius 3 is 3.04 bits per heavy atom. The molecule has 3 heterocycles. The second-order valence-electron chi connectivity index (χ2n) is 5.53. The molecule has 1 saturated heterocycles. The normalized spacial score (nSPS) is 18.2. The molecule has 1 atom stereocenters. The summed E-state index contributed by atoms with van der Waals surface area (Å²) in [7, 11) is 0. The van der Waals surface area contributed by atoms with Crippen molar-refractivity contribution in [3.05, 3.63) is 36.0 Å². The van der Waals surface area contributed by atoms with Crippen LogP contribution in [0.2, 0.25) is 0 Å². The Bertz CT molecular complexity index is 801. The molecule has 126 valence electrons. The molecule has 2 amide bonds. The van der Waals surface area contributed by atoms with Crippen molar-refractivity contribution in [1.29, 1.82) is 0 Å². The van der Waals surface area contributed by atoms with Gasteiger partial charge in [0.15, 0.2) is 5.65 Å². The molecule has 0 radical (unpaired) electrons. The summed E-state index contributed by atoms with van der Waals surface area (Å²) < 4.78 is 1.70. The number of carbonyl (C=O) groups is 2. The smallest absolute Gasteiger partial charge is 0.250 e. The monoisotopic (exact) mass is 345 g/mol. The predicted molar refractivity (Wildman–Crippen MR) is 93.6 cm³/mol. The fourth-order valence-electron chi connectivity index (χ4n) is 2.60. The topological polar surface area (TPSA) is 79.6 Å². The first-order valence-electron chi connectivity index (χ1n) is 7.78. The highest BCUT2D eigenvalue weighted by Gasteiger charge is 2.35. The van der Waals surface area contributed by atoms with Crippen molar-refractivity contribution in [2.75, 3.05) is 16.9 Å². The number of nitrogens with zero attached hydrogens (tertiary/aromatic N) is 4. The van der Waals surface area contributed by atoms with E-state index in [-0.39, 0.29) is 11.8 Å². The van der Waals surface area contributed by atoms with Crippen molar-refractivity contribution < 1.29 is 9.59 Å². The van der Waals surface area contributed by atoms with Gasteiger partial charge < -0.3 is 4.90 Å². The highest BCUT2D eigenvalue weighted by molar-refractivity contribution is 7.99. The summed E-state index contributed by atoms with van der Waals surface area (Å²) in [5, 5.41) is 10.8. The van der Waals surface area contributed by atoms with Gasteiger partial charge in [0, 0.05) is 17.5 Å². The van der Waals surface area contributed by atoms with Crippen LogP contribution in [-0.2, 0) is 9.59 Å². The minimum atomic E-state index is -0.501. The predicted octanol–water partition coefficient (Wildman–Crippen LogP) is 1.93. The van der Waals surface area contributed by atoms with Crippen LogP contribution in [0.25, 0.3) is 5.65 Å². The third kappa shape index (κ3) is 3.14. The van der Waals surface area contributed by atoms with Gasteiger partial charge in [0.1, 0.15) is 6.04 Å². The van der Waals surface area contributed by atoms with Crippen LogP contribution in [-0.4, -0.2) is 49.0 Å². The lowest BCUT2D eigenvalue weighted by Crippen LogP contribution is -2.45. The van der Waals surface area contributed by atoms with E-state index in [0.29, 0.717) is 28.8 Å². The van der Waals surface area contributed by atoms with Crippen LogP contribution < -0.4 is 5.32 Å². The lowest BCUT2D eigenvalue weighted by molar-refractivity contribution is -0.133. The van der Waals surface area contributed by atoms with E-state index >= 15 is 0 Å². The maximum absolute atomic E-state index is 12.6. The summed E-state index contributed by atoms with van der Waals surface area (Å²) in [5.74, 6) is 1.13. The lowest BCUT2D eigenvalue weighted by atomic mass is 10.2. The zero-order valence-corrected chi connectivity index (χ0v) is 14.4. The van der Waals surface area contributed by atoms with Crippen molar-refractivity contribution in [3.8, 4) is 0 Å². The molecule has 1 fully saturated rings. The molecule has 0 aromatic carbocycles. The van der Waals surface area contributed by atoms with Gasteiger partial charge in [-0.15, -0.1) is 22.0 Å². The highest BCUT2D eigenvalue weighted by atomic mass is 32.2. The van der Waals surface area contributed by atoms with Crippen molar-refractivity contribution in [3.63, 3.8) is 0 Å². The number of hydrogen-bond acceptors (Lipinski definition) is 5. The van der Waals surface area contributed by atoms with E-state index in [2.05, 4.69) is 15.5 Å². The summed E-state index contributed by atoms with van der Waals surface area (Å²) in [6, 6.07) is 5.00. The fourth-order valence-corrected chi connectivity index (χ4v) is 3.75. The summed E-state index contributed by atoms with van der Waals surface area (Å²) in [6.07, 6.45) is 4.46. The Hall–Kier alpha value is -2.35. The molecule has 3 rings (SSSR count). The summed E-state index contributed by atoms with van der Waals surface area (Å²) in [4.78, 5) is 26.7. The molecule has 1 aliphatic rings. The van der Waals surface area contributed by atoms with Gasteiger partial charge in [-0.3, -0.25) is 19.3 Å². The van der Waals surface area contributed by atoms with E-state index in [9.17, 15) is 9.59 Å². The van der Waals surface area contributed by atoms with Gasteiger partial charge >= 0.3 is 0 Å². The summed E-state index contributed by atoms with van der Waals surface area (Å²) in [5.41, 5.74) is 1.33. The van der Waals surface area contributed by atoms with Gasteiger partial charge in [-0.2, -0.15) is 0 Å². The molecule has 0 bridgehead atoms. The summed E-state index contributed by atoms with van der Waals surface area (Å²) in [6.45, 7) is 3.77. The molecule has 2 aromatic heterocycles. The van der Waals surface area contributed by atoms with Gasteiger partial charge in [0.25, 0.3) is 5.91 Å². The number of aromatic nitrogens is 3. The maximum Gasteiger partial charge on any atom is 0.250 e. The van der Waals surface area contributed by atoms with E-state index in [4.69, 9.17) is 0 Å². The first-order chi connectivity index (χ1) is 11.6. The average Bonchev–Trinajstić information content (AvgIpc) is 3.22. The van der Waals surface area contributed by atoms with Gasteiger partial charge in [-0.25, -0.2) is 0 Å². The molecule has 0 spiro atoms. The van der Waals surface area contributed by atoms with Crippen LogP contribution in [0.3, 0.4) is 0 Å². The SMILES string of the molecule is CC/C=C(\C)C(=O)N1CSCC1C(=O)Nc1nnc2ccccn12. The first kappa shape index (κ1) is 16.5. The molecule has 7 nitrogen and oxygen atoms in total. The third-order valence-electron chi connectivity index (χ3n) is 3.84. The largest absolute Gasteiger partial charge is 0.317 e. The van der Waals surface area contributed by atoms with Gasteiger partial charge in [0.05, 0.1) is 5.88 Å². The molecule has 0 saturated carbocycles. The minimum absolute atomic E-state index is 0.0897. The third-order valence-corrected chi connectivity index (χ3v) is 4.85. The number of nitrogens with one attached hydrogen (secondary N) is 1. The van der Waals surface area contributed by atoms with E-state index in [1.165, 1.54) is 0 Å². The Morgan fingerprint density at radius 1 is 1.42 bits per heavy atom. The number of thioether (sulfide) groups is 1. The number of amides is 2. The number of pyridine rings is 1. The van der Waals surface area contributed by atoms with E-state index in [0.717, 1.165) is 6.42 Å². The molecule has 8 heteroatoms. The van der Waals surface area contributed by atoms with Crippen molar-refractivity contribution in [1.82, 2.24) is 19.5 Å². The molecule has 1 unspecified atom stereocenters. The van der Waals surface area contributed by atoms with Crippen LogP contribution in [0, 0.1) is 0 Å². The second kappa shape index (κ2) is 7.04. The zero-order valence-electron chi connectivity index (χ0n) is 13.6. The molecular formula is C16H19N5O2S.